The van der Waals surface area contributed by atoms with Crippen LogP contribution in [0.4, 0.5) is 5.69 Å². The lowest BCUT2D eigenvalue weighted by Gasteiger charge is -2.36. The minimum absolute atomic E-state index is 0.0970. The summed E-state index contributed by atoms with van der Waals surface area (Å²) >= 11 is 0. The van der Waals surface area contributed by atoms with Gasteiger partial charge in [-0.15, -0.1) is 0 Å². The number of hydrogen-bond acceptors (Lipinski definition) is 4. The zero-order valence-electron chi connectivity index (χ0n) is 17.0. The van der Waals surface area contributed by atoms with Gasteiger partial charge >= 0.3 is 0 Å². The van der Waals surface area contributed by atoms with Crippen LogP contribution in [0.2, 0.25) is 0 Å². The number of anilines is 1. The van der Waals surface area contributed by atoms with Crippen molar-refractivity contribution in [1.29, 1.82) is 0 Å². The van der Waals surface area contributed by atoms with Crippen molar-refractivity contribution in [2.45, 2.75) is 6.54 Å². The molecule has 0 atom stereocenters. The van der Waals surface area contributed by atoms with E-state index in [-0.39, 0.29) is 5.91 Å². The predicted molar refractivity (Wildman–Crippen MR) is 115 cm³/mol. The Bertz CT molecular complexity index is 990. The van der Waals surface area contributed by atoms with Gasteiger partial charge in [-0.05, 0) is 30.3 Å². The Morgan fingerprint density at radius 1 is 0.966 bits per heavy atom. The first-order chi connectivity index (χ1) is 14.2. The number of carbonyl (C=O) groups excluding carboxylic acids is 1. The third-order valence-electron chi connectivity index (χ3n) is 5.57. The number of hydrogen-bond donors (Lipinski definition) is 0. The maximum atomic E-state index is 13.3. The minimum Gasteiger partial charge on any atom is -0.495 e. The summed E-state index contributed by atoms with van der Waals surface area (Å²) < 4.78 is 12.8. The highest BCUT2D eigenvalue weighted by Gasteiger charge is 2.25. The van der Waals surface area contributed by atoms with Gasteiger partial charge in [0.2, 0.25) is 0 Å². The highest BCUT2D eigenvalue weighted by atomic mass is 16.5. The molecule has 3 aromatic rings. The van der Waals surface area contributed by atoms with Gasteiger partial charge in [-0.3, -0.25) is 4.79 Å². The number of fused-ring (bicyclic) bond motifs is 1. The molecule has 2 aromatic carbocycles. The van der Waals surface area contributed by atoms with Crippen LogP contribution < -0.4 is 9.64 Å². The van der Waals surface area contributed by atoms with Crippen molar-refractivity contribution in [3.63, 3.8) is 0 Å². The largest absolute Gasteiger partial charge is 0.495 e. The molecule has 152 valence electrons. The average Bonchev–Trinajstić information content (AvgIpc) is 3.20. The van der Waals surface area contributed by atoms with Crippen molar-refractivity contribution in [2.75, 3.05) is 51.9 Å². The van der Waals surface area contributed by atoms with Crippen molar-refractivity contribution in [2.24, 2.45) is 0 Å². The van der Waals surface area contributed by atoms with Crippen LogP contribution in [0.25, 0.3) is 10.9 Å². The molecule has 0 bridgehead atoms. The van der Waals surface area contributed by atoms with E-state index in [4.69, 9.17) is 9.47 Å². The van der Waals surface area contributed by atoms with Crippen molar-refractivity contribution in [3.05, 3.63) is 60.3 Å². The Morgan fingerprint density at radius 3 is 2.52 bits per heavy atom. The number of ether oxygens (including phenoxy) is 2. The predicted octanol–water partition coefficient (Wildman–Crippen LogP) is 3.26. The van der Waals surface area contributed by atoms with Gasteiger partial charge in [0.1, 0.15) is 5.75 Å². The molecule has 1 aliphatic heterocycles. The Balaban J connectivity index is 1.49. The van der Waals surface area contributed by atoms with Gasteiger partial charge in [0, 0.05) is 62.5 Å². The van der Waals surface area contributed by atoms with E-state index >= 15 is 0 Å². The van der Waals surface area contributed by atoms with Crippen LogP contribution in [-0.2, 0) is 11.3 Å². The van der Waals surface area contributed by atoms with Crippen molar-refractivity contribution >= 4 is 22.5 Å². The summed E-state index contributed by atoms with van der Waals surface area (Å²) in [7, 11) is 3.39. The molecule has 0 unspecified atom stereocenters. The molecule has 29 heavy (non-hydrogen) atoms. The van der Waals surface area contributed by atoms with E-state index in [1.54, 1.807) is 14.2 Å². The van der Waals surface area contributed by atoms with Crippen LogP contribution in [0, 0.1) is 0 Å². The number of piperazine rings is 1. The number of methoxy groups -OCH3 is 2. The van der Waals surface area contributed by atoms with E-state index in [1.807, 2.05) is 47.5 Å². The summed E-state index contributed by atoms with van der Waals surface area (Å²) in [6, 6.07) is 16.0. The van der Waals surface area contributed by atoms with Crippen molar-refractivity contribution < 1.29 is 14.3 Å². The maximum absolute atomic E-state index is 13.3. The number of benzene rings is 2. The van der Waals surface area contributed by atoms with Gasteiger partial charge in [-0.2, -0.15) is 0 Å². The number of para-hydroxylation sites is 2. The number of rotatable bonds is 6. The molecule has 1 saturated heterocycles. The van der Waals surface area contributed by atoms with E-state index in [0.717, 1.165) is 47.5 Å². The molecule has 1 aromatic heterocycles. The monoisotopic (exact) mass is 393 g/mol. The van der Waals surface area contributed by atoms with Crippen LogP contribution >= 0.6 is 0 Å². The SMILES string of the molecule is COCCn1ccc2c(C(=O)N3CCN(c4ccccc4OC)CC3)cccc21. The van der Waals surface area contributed by atoms with Crippen LogP contribution in [0.15, 0.2) is 54.7 Å². The van der Waals surface area contributed by atoms with E-state index in [9.17, 15) is 4.79 Å². The quantitative estimate of drug-likeness (QED) is 0.645. The van der Waals surface area contributed by atoms with E-state index in [2.05, 4.69) is 21.6 Å². The fourth-order valence-corrected chi connectivity index (χ4v) is 4.01. The Labute approximate surface area is 171 Å². The second kappa shape index (κ2) is 8.57. The van der Waals surface area contributed by atoms with Gasteiger partial charge in [-0.1, -0.05) is 18.2 Å². The molecule has 1 aliphatic rings. The molecular weight excluding hydrogens is 366 g/mol. The van der Waals surface area contributed by atoms with E-state index in [1.165, 1.54) is 0 Å². The first-order valence-electron chi connectivity index (χ1n) is 9.97. The summed E-state index contributed by atoms with van der Waals surface area (Å²) in [5, 5.41) is 1.00. The van der Waals surface area contributed by atoms with Gasteiger partial charge in [0.15, 0.2) is 0 Å². The normalized spacial score (nSPS) is 14.4. The Morgan fingerprint density at radius 2 is 1.76 bits per heavy atom. The summed E-state index contributed by atoms with van der Waals surface area (Å²) in [6.07, 6.45) is 2.03. The molecule has 0 saturated carbocycles. The van der Waals surface area contributed by atoms with Gasteiger partial charge in [0.05, 0.1) is 19.4 Å². The third kappa shape index (κ3) is 3.80. The molecule has 4 rings (SSSR count). The second-order valence-electron chi connectivity index (χ2n) is 7.19. The molecule has 2 heterocycles. The van der Waals surface area contributed by atoms with Crippen LogP contribution in [0.5, 0.6) is 5.75 Å². The standard InChI is InChI=1S/C23H27N3O3/c1-28-17-16-24-11-10-18-19(6-5-8-20(18)24)23(27)26-14-12-25(13-15-26)21-7-3-4-9-22(21)29-2/h3-11H,12-17H2,1-2H3. The molecule has 0 radical (unpaired) electrons. The number of aromatic nitrogens is 1. The summed E-state index contributed by atoms with van der Waals surface area (Å²) in [5.74, 6) is 0.967. The first kappa shape index (κ1) is 19.3. The highest BCUT2D eigenvalue weighted by Crippen LogP contribution is 2.29. The Hall–Kier alpha value is -2.99. The average molecular weight is 393 g/mol. The maximum Gasteiger partial charge on any atom is 0.254 e. The topological polar surface area (TPSA) is 46.9 Å². The van der Waals surface area contributed by atoms with Gasteiger partial charge in [-0.25, -0.2) is 0 Å². The third-order valence-corrected chi connectivity index (χ3v) is 5.57. The molecular formula is C23H27N3O3. The van der Waals surface area contributed by atoms with Gasteiger partial charge < -0.3 is 23.8 Å². The second-order valence-corrected chi connectivity index (χ2v) is 7.19. The lowest BCUT2D eigenvalue weighted by Crippen LogP contribution is -2.48. The minimum atomic E-state index is 0.0970. The van der Waals surface area contributed by atoms with Crippen molar-refractivity contribution in [1.82, 2.24) is 9.47 Å². The summed E-state index contributed by atoms with van der Waals surface area (Å²) in [5.41, 5.74) is 2.92. The molecule has 0 N–H and O–H groups in total. The smallest absolute Gasteiger partial charge is 0.254 e. The van der Waals surface area contributed by atoms with Crippen LogP contribution in [0.1, 0.15) is 10.4 Å². The molecule has 0 aliphatic carbocycles. The van der Waals surface area contributed by atoms with E-state index < -0.39 is 0 Å². The lowest BCUT2D eigenvalue weighted by molar-refractivity contribution is 0.0748. The first-order valence-corrected chi connectivity index (χ1v) is 9.97. The number of amides is 1. The number of nitrogens with zero attached hydrogens (tertiary/aromatic N) is 3. The summed E-state index contributed by atoms with van der Waals surface area (Å²) in [6.45, 7) is 4.38. The zero-order valence-corrected chi connectivity index (χ0v) is 17.0. The van der Waals surface area contributed by atoms with Crippen LogP contribution in [0.3, 0.4) is 0 Å². The highest BCUT2D eigenvalue weighted by molar-refractivity contribution is 6.06. The molecule has 0 spiro atoms. The summed E-state index contributed by atoms with van der Waals surface area (Å²) in [4.78, 5) is 17.5. The number of carbonyl (C=O) groups is 1. The zero-order chi connectivity index (χ0) is 20.2. The lowest BCUT2D eigenvalue weighted by atomic mass is 10.1. The molecule has 1 amide bonds. The van der Waals surface area contributed by atoms with Gasteiger partial charge in [0.25, 0.3) is 5.91 Å². The fraction of sp³-hybridized carbons (Fsp3) is 0.348. The molecule has 1 fully saturated rings. The molecule has 6 heteroatoms. The fourth-order valence-electron chi connectivity index (χ4n) is 4.01. The Kier molecular flexibility index (Phi) is 5.71. The molecule has 6 nitrogen and oxygen atoms in total. The van der Waals surface area contributed by atoms with Crippen LogP contribution in [-0.4, -0.2) is 62.4 Å². The van der Waals surface area contributed by atoms with E-state index in [0.29, 0.717) is 19.7 Å². The van der Waals surface area contributed by atoms with Crippen molar-refractivity contribution in [3.8, 4) is 5.75 Å².